The molecule has 2 heterocycles. The zero-order valence-corrected chi connectivity index (χ0v) is 17.7. The van der Waals surface area contributed by atoms with Crippen molar-refractivity contribution in [3.63, 3.8) is 0 Å². The molecular weight excluding hydrogens is 432 g/mol. The number of likely N-dealkylation sites (tertiary alicyclic amines) is 1. The standard InChI is InChI=1S/C22H23BrN4O2/c23-16-7-2-1-6-15(16)14-24-22(29)19-10-5-13-27(19)21(28)12-11-20-25-17-8-3-4-9-18(17)26-20/h1-4,6-9,19H,5,10-14H2,(H,24,29)(H,25,26)/p+1/t19-/m0/s1. The SMILES string of the molecule is O=C(NCc1ccccc1Br)[C@@H]1CCCN1C(=O)CCc1[nH]c2ccccc2[nH+]1. The highest BCUT2D eigenvalue weighted by Gasteiger charge is 2.33. The minimum Gasteiger partial charge on any atom is -0.350 e. The van der Waals surface area contributed by atoms with E-state index in [9.17, 15) is 9.59 Å². The fraction of sp³-hybridized carbons (Fsp3) is 0.318. The zero-order valence-electron chi connectivity index (χ0n) is 16.1. The van der Waals surface area contributed by atoms with E-state index in [1.165, 1.54) is 0 Å². The van der Waals surface area contributed by atoms with Gasteiger partial charge in [-0.05, 0) is 36.6 Å². The smallest absolute Gasteiger partial charge is 0.253 e. The third kappa shape index (κ3) is 4.50. The Balaban J connectivity index is 1.33. The molecule has 7 heteroatoms. The van der Waals surface area contributed by atoms with Gasteiger partial charge in [0.15, 0.2) is 11.0 Å². The first-order valence-corrected chi connectivity index (χ1v) is 10.7. The first-order valence-electron chi connectivity index (χ1n) is 9.91. The second-order valence-corrected chi connectivity index (χ2v) is 8.18. The van der Waals surface area contributed by atoms with Crippen molar-refractivity contribution < 1.29 is 14.6 Å². The molecule has 4 rings (SSSR count). The molecule has 0 bridgehead atoms. The van der Waals surface area contributed by atoms with Crippen LogP contribution in [0, 0.1) is 0 Å². The van der Waals surface area contributed by atoms with E-state index in [0.29, 0.717) is 32.4 Å². The molecule has 1 aliphatic rings. The van der Waals surface area contributed by atoms with Gasteiger partial charge in [0.05, 0.1) is 6.42 Å². The Morgan fingerprint density at radius 1 is 1.17 bits per heavy atom. The summed E-state index contributed by atoms with van der Waals surface area (Å²) in [6.45, 7) is 1.09. The molecule has 3 N–H and O–H groups in total. The molecule has 3 aromatic rings. The van der Waals surface area contributed by atoms with Crippen molar-refractivity contribution in [2.24, 2.45) is 0 Å². The minimum atomic E-state index is -0.378. The number of hydrogen-bond acceptors (Lipinski definition) is 2. The summed E-state index contributed by atoms with van der Waals surface area (Å²) in [4.78, 5) is 33.8. The minimum absolute atomic E-state index is 0.0237. The highest BCUT2D eigenvalue weighted by atomic mass is 79.9. The molecule has 1 saturated heterocycles. The van der Waals surface area contributed by atoms with Gasteiger partial charge in [0.25, 0.3) is 5.82 Å². The fourth-order valence-corrected chi connectivity index (χ4v) is 4.26. The number of halogens is 1. The summed E-state index contributed by atoms with van der Waals surface area (Å²) in [7, 11) is 0. The van der Waals surface area contributed by atoms with Gasteiger partial charge in [-0.1, -0.05) is 46.3 Å². The number of para-hydroxylation sites is 2. The summed E-state index contributed by atoms with van der Waals surface area (Å²) in [5.74, 6) is 0.869. The largest absolute Gasteiger partial charge is 0.350 e. The summed E-state index contributed by atoms with van der Waals surface area (Å²) in [6.07, 6.45) is 2.54. The molecule has 2 aromatic carbocycles. The summed E-state index contributed by atoms with van der Waals surface area (Å²) in [6, 6.07) is 15.4. The number of rotatable bonds is 6. The second-order valence-electron chi connectivity index (χ2n) is 7.33. The number of aromatic amines is 2. The molecule has 1 fully saturated rings. The summed E-state index contributed by atoms with van der Waals surface area (Å²) in [5, 5.41) is 2.98. The Kier molecular flexibility index (Phi) is 5.94. The van der Waals surface area contributed by atoms with E-state index in [-0.39, 0.29) is 17.9 Å². The maximum atomic E-state index is 12.8. The summed E-state index contributed by atoms with van der Waals surface area (Å²) in [5.41, 5.74) is 3.08. The number of carbonyl (C=O) groups excluding carboxylic acids is 2. The molecule has 0 unspecified atom stereocenters. The lowest BCUT2D eigenvalue weighted by Gasteiger charge is -2.24. The second kappa shape index (κ2) is 8.78. The van der Waals surface area contributed by atoms with E-state index in [1.54, 1.807) is 4.90 Å². The quantitative estimate of drug-likeness (QED) is 0.598. The Hall–Kier alpha value is -2.67. The van der Waals surface area contributed by atoms with Crippen LogP contribution in [-0.2, 0) is 22.6 Å². The van der Waals surface area contributed by atoms with Crippen molar-refractivity contribution in [1.82, 2.24) is 15.2 Å². The van der Waals surface area contributed by atoms with Gasteiger partial charge in [-0.2, -0.15) is 0 Å². The van der Waals surface area contributed by atoms with Crippen LogP contribution in [0.4, 0.5) is 0 Å². The molecule has 0 radical (unpaired) electrons. The molecule has 0 aliphatic carbocycles. The maximum absolute atomic E-state index is 12.8. The number of imidazole rings is 1. The van der Waals surface area contributed by atoms with Crippen molar-refractivity contribution in [1.29, 1.82) is 0 Å². The van der Waals surface area contributed by atoms with Crippen LogP contribution in [-0.4, -0.2) is 34.3 Å². The third-order valence-electron chi connectivity index (χ3n) is 5.37. The lowest BCUT2D eigenvalue weighted by atomic mass is 10.1. The van der Waals surface area contributed by atoms with Crippen molar-refractivity contribution in [2.75, 3.05) is 6.54 Å². The van der Waals surface area contributed by atoms with Crippen molar-refractivity contribution >= 4 is 38.8 Å². The molecule has 1 atom stereocenters. The normalized spacial score (nSPS) is 16.3. The van der Waals surface area contributed by atoms with Crippen LogP contribution in [0.1, 0.15) is 30.7 Å². The number of hydrogen-bond donors (Lipinski definition) is 2. The van der Waals surface area contributed by atoms with Crippen LogP contribution in [0.15, 0.2) is 53.0 Å². The number of nitrogens with zero attached hydrogens (tertiary/aromatic N) is 1. The highest BCUT2D eigenvalue weighted by molar-refractivity contribution is 9.10. The van der Waals surface area contributed by atoms with E-state index < -0.39 is 0 Å². The number of aryl methyl sites for hydroxylation is 1. The van der Waals surface area contributed by atoms with Crippen LogP contribution in [0.25, 0.3) is 11.0 Å². The number of aromatic nitrogens is 2. The fourth-order valence-electron chi connectivity index (χ4n) is 3.84. The van der Waals surface area contributed by atoms with Crippen LogP contribution in [0.3, 0.4) is 0 Å². The molecule has 0 spiro atoms. The van der Waals surface area contributed by atoms with E-state index in [1.807, 2.05) is 48.5 Å². The predicted octanol–water partition coefficient (Wildman–Crippen LogP) is 2.98. The van der Waals surface area contributed by atoms with Crippen LogP contribution in [0.5, 0.6) is 0 Å². The predicted molar refractivity (Wildman–Crippen MR) is 114 cm³/mol. The summed E-state index contributed by atoms with van der Waals surface area (Å²) < 4.78 is 0.967. The van der Waals surface area contributed by atoms with E-state index >= 15 is 0 Å². The number of fused-ring (bicyclic) bond motifs is 1. The monoisotopic (exact) mass is 455 g/mol. The van der Waals surface area contributed by atoms with Crippen LogP contribution < -0.4 is 10.3 Å². The van der Waals surface area contributed by atoms with Crippen molar-refractivity contribution in [3.05, 3.63) is 64.4 Å². The molecule has 1 aromatic heterocycles. The van der Waals surface area contributed by atoms with E-state index in [0.717, 1.165) is 33.3 Å². The molecular formula is C22H24BrN4O2+. The van der Waals surface area contributed by atoms with Gasteiger partial charge in [0.1, 0.15) is 6.04 Å². The number of amides is 2. The number of nitrogens with one attached hydrogen (secondary N) is 3. The maximum Gasteiger partial charge on any atom is 0.253 e. The highest BCUT2D eigenvalue weighted by Crippen LogP contribution is 2.20. The van der Waals surface area contributed by atoms with E-state index in [4.69, 9.17) is 0 Å². The van der Waals surface area contributed by atoms with Crippen LogP contribution >= 0.6 is 15.9 Å². The molecule has 0 saturated carbocycles. The molecule has 6 nitrogen and oxygen atoms in total. The Morgan fingerprint density at radius 3 is 2.79 bits per heavy atom. The van der Waals surface area contributed by atoms with Gasteiger partial charge in [0, 0.05) is 24.0 Å². The van der Waals surface area contributed by atoms with Crippen molar-refractivity contribution in [3.8, 4) is 0 Å². The molecule has 1 aliphatic heterocycles. The number of benzene rings is 2. The van der Waals surface area contributed by atoms with Gasteiger partial charge in [-0.3, -0.25) is 9.59 Å². The van der Waals surface area contributed by atoms with Gasteiger partial charge in [-0.25, -0.2) is 9.97 Å². The first kappa shape index (κ1) is 19.6. The number of H-pyrrole nitrogens is 2. The van der Waals surface area contributed by atoms with Gasteiger partial charge in [0.2, 0.25) is 11.8 Å². The van der Waals surface area contributed by atoms with Gasteiger partial charge >= 0.3 is 0 Å². The van der Waals surface area contributed by atoms with Gasteiger partial charge in [-0.15, -0.1) is 0 Å². The summed E-state index contributed by atoms with van der Waals surface area (Å²) >= 11 is 3.50. The van der Waals surface area contributed by atoms with E-state index in [2.05, 4.69) is 31.2 Å². The number of carbonyl (C=O) groups is 2. The molecule has 29 heavy (non-hydrogen) atoms. The van der Waals surface area contributed by atoms with Crippen molar-refractivity contribution in [2.45, 2.75) is 38.3 Å². The first-order chi connectivity index (χ1) is 14.1. The van der Waals surface area contributed by atoms with Crippen LogP contribution in [0.2, 0.25) is 0 Å². The lowest BCUT2D eigenvalue weighted by molar-refractivity contribution is -0.357. The lowest BCUT2D eigenvalue weighted by Crippen LogP contribution is -2.45. The third-order valence-corrected chi connectivity index (χ3v) is 6.15. The average Bonchev–Trinajstić information content (AvgIpc) is 3.38. The topological polar surface area (TPSA) is 79.3 Å². The Bertz CT molecular complexity index is 999. The Morgan fingerprint density at radius 2 is 1.97 bits per heavy atom. The molecule has 150 valence electrons. The molecule has 2 amide bonds. The Labute approximate surface area is 177 Å². The van der Waals surface area contributed by atoms with Gasteiger partial charge < -0.3 is 10.2 Å². The zero-order chi connectivity index (χ0) is 20.2. The average molecular weight is 456 g/mol.